The van der Waals surface area contributed by atoms with E-state index in [4.69, 9.17) is 11.6 Å². The number of Topliss-reactive ketones (excluding diaryl/α,β-unsaturated/α-hetero) is 1. The Morgan fingerprint density at radius 3 is 2.45 bits per heavy atom. The van der Waals surface area contributed by atoms with E-state index in [1.165, 1.54) is 41.6 Å². The van der Waals surface area contributed by atoms with Gasteiger partial charge >= 0.3 is 0 Å². The highest BCUT2D eigenvalue weighted by Gasteiger charge is 2.32. The molecule has 1 aliphatic rings. The van der Waals surface area contributed by atoms with Crippen LogP contribution in [0.25, 0.3) is 5.70 Å². The Kier molecular flexibility index (Phi) is 3.76. The molecule has 0 bridgehead atoms. The molecule has 0 saturated heterocycles. The third kappa shape index (κ3) is 2.42. The van der Waals surface area contributed by atoms with Gasteiger partial charge in [-0.05, 0) is 30.8 Å². The van der Waals surface area contributed by atoms with Crippen LogP contribution in [-0.2, 0) is 9.59 Å². The molecule has 0 spiro atoms. The number of aromatic nitrogens is 3. The van der Waals surface area contributed by atoms with E-state index in [-0.39, 0.29) is 11.7 Å². The first-order valence-corrected chi connectivity index (χ1v) is 7.58. The third-order valence-electron chi connectivity index (χ3n) is 3.07. The van der Waals surface area contributed by atoms with E-state index in [9.17, 15) is 9.59 Å². The Hall–Kier alpha value is -2.12. The lowest BCUT2D eigenvalue weighted by Crippen LogP contribution is -2.40. The van der Waals surface area contributed by atoms with Crippen LogP contribution in [0.4, 0.5) is 0 Å². The highest BCUT2D eigenvalue weighted by atomic mass is 35.5. The van der Waals surface area contributed by atoms with Crippen LogP contribution in [0.15, 0.2) is 40.7 Å². The Bertz CT molecular complexity index is 797. The van der Waals surface area contributed by atoms with Gasteiger partial charge in [-0.2, -0.15) is 0 Å². The average Bonchev–Trinajstić information content (AvgIpc) is 2.93. The monoisotopic (exact) mass is 334 g/mol. The minimum absolute atomic E-state index is 0.143. The van der Waals surface area contributed by atoms with Crippen LogP contribution in [0.3, 0.4) is 0 Å². The van der Waals surface area contributed by atoms with Crippen molar-refractivity contribution in [2.45, 2.75) is 19.0 Å². The van der Waals surface area contributed by atoms with E-state index < -0.39 is 0 Å². The zero-order valence-electron chi connectivity index (χ0n) is 11.8. The molecule has 0 unspecified atom stereocenters. The number of benzene rings is 1. The van der Waals surface area contributed by atoms with Crippen LogP contribution < -0.4 is 5.01 Å². The van der Waals surface area contributed by atoms with E-state index in [1.54, 1.807) is 24.3 Å². The maximum atomic E-state index is 12.1. The largest absolute Gasteiger partial charge is 0.294 e. The molecule has 0 atom stereocenters. The quantitative estimate of drug-likeness (QED) is 0.844. The van der Waals surface area contributed by atoms with Gasteiger partial charge in [0.05, 0.1) is 10.6 Å². The van der Waals surface area contributed by atoms with Gasteiger partial charge in [0, 0.05) is 17.5 Å². The van der Waals surface area contributed by atoms with Crippen molar-refractivity contribution < 1.29 is 9.59 Å². The summed E-state index contributed by atoms with van der Waals surface area (Å²) in [6.07, 6.45) is 1.44. The zero-order chi connectivity index (χ0) is 15.9. The summed E-state index contributed by atoms with van der Waals surface area (Å²) >= 11 is 7.11. The maximum Gasteiger partial charge on any atom is 0.243 e. The Labute approximate surface area is 135 Å². The summed E-state index contributed by atoms with van der Waals surface area (Å²) in [5.41, 5.74) is 1.23. The summed E-state index contributed by atoms with van der Waals surface area (Å²) in [6, 6.07) is 6.97. The maximum absolute atomic E-state index is 12.1. The smallest absolute Gasteiger partial charge is 0.243 e. The van der Waals surface area contributed by atoms with Crippen molar-refractivity contribution in [3.63, 3.8) is 0 Å². The van der Waals surface area contributed by atoms with E-state index in [1.807, 2.05) is 0 Å². The standard InChI is InChI=1S/C14H11ClN4O2S/c1-8(20)13-12(10-3-5-11(15)6-4-10)19(9(2)21)18-7-16-17-14(18)22-13/h3-7H,1-2H3. The van der Waals surface area contributed by atoms with Gasteiger partial charge in [-0.25, -0.2) is 9.69 Å². The number of carbonyl (C=O) groups excluding carboxylic acids is 2. The number of hydrogen-bond acceptors (Lipinski definition) is 5. The van der Waals surface area contributed by atoms with Crippen LogP contribution in [0.1, 0.15) is 19.4 Å². The SMILES string of the molecule is CC(=O)C1=C(c2ccc(Cl)cc2)N(C(C)=O)n2cnnc2S1. The molecule has 0 fully saturated rings. The first kappa shape index (κ1) is 14.8. The van der Waals surface area contributed by atoms with Crippen molar-refractivity contribution in [2.75, 3.05) is 5.01 Å². The molecule has 1 aliphatic heterocycles. The number of ketones is 1. The number of hydrogen-bond donors (Lipinski definition) is 0. The summed E-state index contributed by atoms with van der Waals surface area (Å²) in [4.78, 5) is 24.6. The topological polar surface area (TPSA) is 68.1 Å². The minimum Gasteiger partial charge on any atom is -0.294 e. The average molecular weight is 335 g/mol. The fourth-order valence-corrected chi connectivity index (χ4v) is 3.24. The lowest BCUT2D eigenvalue weighted by molar-refractivity contribution is -0.117. The van der Waals surface area contributed by atoms with Crippen molar-refractivity contribution in [3.05, 3.63) is 46.1 Å². The lowest BCUT2D eigenvalue weighted by atomic mass is 10.1. The molecule has 8 heteroatoms. The number of rotatable bonds is 2. The van der Waals surface area contributed by atoms with Gasteiger partial charge in [0.1, 0.15) is 6.33 Å². The highest BCUT2D eigenvalue weighted by Crippen LogP contribution is 2.38. The Morgan fingerprint density at radius 1 is 1.18 bits per heavy atom. The number of amides is 1. The molecule has 1 amide bonds. The summed E-state index contributed by atoms with van der Waals surface area (Å²) in [7, 11) is 0. The number of carbonyl (C=O) groups is 2. The molecule has 0 radical (unpaired) electrons. The van der Waals surface area contributed by atoms with Crippen LogP contribution in [0.5, 0.6) is 0 Å². The molecule has 22 heavy (non-hydrogen) atoms. The van der Waals surface area contributed by atoms with Gasteiger partial charge in [0.2, 0.25) is 11.1 Å². The summed E-state index contributed by atoms with van der Waals surface area (Å²) in [5, 5.41) is 10.2. The van der Waals surface area contributed by atoms with Gasteiger partial charge in [0.15, 0.2) is 5.78 Å². The molecule has 0 aliphatic carbocycles. The van der Waals surface area contributed by atoms with Crippen molar-refractivity contribution in [3.8, 4) is 0 Å². The summed E-state index contributed by atoms with van der Waals surface area (Å²) in [6.45, 7) is 2.88. The second-order valence-electron chi connectivity index (χ2n) is 4.63. The normalized spacial score (nSPS) is 14.0. The molecule has 1 aromatic heterocycles. The molecule has 3 rings (SSSR count). The van der Waals surface area contributed by atoms with Crippen molar-refractivity contribution in [2.24, 2.45) is 0 Å². The molecule has 2 heterocycles. The van der Waals surface area contributed by atoms with E-state index in [2.05, 4.69) is 10.2 Å². The third-order valence-corrected chi connectivity index (χ3v) is 4.46. The number of halogens is 1. The fourth-order valence-electron chi connectivity index (χ4n) is 2.18. The minimum atomic E-state index is -0.245. The van der Waals surface area contributed by atoms with Gasteiger partial charge < -0.3 is 0 Å². The van der Waals surface area contributed by atoms with Gasteiger partial charge in [-0.1, -0.05) is 23.7 Å². The molecule has 0 N–H and O–H groups in total. The second-order valence-corrected chi connectivity index (χ2v) is 6.05. The molecule has 112 valence electrons. The van der Waals surface area contributed by atoms with Crippen LogP contribution in [0.2, 0.25) is 5.02 Å². The molecule has 2 aromatic rings. The van der Waals surface area contributed by atoms with E-state index >= 15 is 0 Å². The van der Waals surface area contributed by atoms with Crippen LogP contribution in [-0.4, -0.2) is 26.6 Å². The first-order valence-electron chi connectivity index (χ1n) is 6.39. The van der Waals surface area contributed by atoms with Gasteiger partial charge in [-0.15, -0.1) is 10.2 Å². The highest BCUT2D eigenvalue weighted by molar-refractivity contribution is 8.04. The Morgan fingerprint density at radius 2 is 1.86 bits per heavy atom. The predicted molar refractivity (Wildman–Crippen MR) is 83.8 cm³/mol. The Balaban J connectivity index is 2.25. The second kappa shape index (κ2) is 5.58. The number of fused-ring (bicyclic) bond motifs is 1. The molecule has 0 saturated carbocycles. The number of nitrogens with zero attached hydrogens (tertiary/aromatic N) is 4. The van der Waals surface area contributed by atoms with Crippen LogP contribution in [0, 0.1) is 0 Å². The molecule has 6 nitrogen and oxygen atoms in total. The predicted octanol–water partition coefficient (Wildman–Crippen LogP) is 2.48. The van der Waals surface area contributed by atoms with Crippen molar-refractivity contribution in [1.29, 1.82) is 0 Å². The molecule has 1 aromatic carbocycles. The fraction of sp³-hybridized carbons (Fsp3) is 0.143. The lowest BCUT2D eigenvalue weighted by Gasteiger charge is -2.30. The van der Waals surface area contributed by atoms with Crippen molar-refractivity contribution in [1.82, 2.24) is 14.9 Å². The van der Waals surface area contributed by atoms with Crippen molar-refractivity contribution >= 4 is 40.8 Å². The summed E-state index contributed by atoms with van der Waals surface area (Å²) < 4.78 is 1.53. The molecular weight excluding hydrogens is 324 g/mol. The van der Waals surface area contributed by atoms with Crippen LogP contribution >= 0.6 is 23.4 Å². The van der Waals surface area contributed by atoms with Gasteiger partial charge in [-0.3, -0.25) is 9.59 Å². The van der Waals surface area contributed by atoms with E-state index in [0.717, 1.165) is 5.56 Å². The number of thioether (sulfide) groups is 1. The number of allylic oxidation sites excluding steroid dienone is 1. The first-order chi connectivity index (χ1) is 10.5. The molecular formula is C14H11ClN4O2S. The summed E-state index contributed by atoms with van der Waals surface area (Å²) in [5.74, 6) is -0.388. The van der Waals surface area contributed by atoms with Gasteiger partial charge in [0.25, 0.3) is 0 Å². The van der Waals surface area contributed by atoms with E-state index in [0.29, 0.717) is 20.8 Å². The zero-order valence-corrected chi connectivity index (χ0v) is 13.4.